The van der Waals surface area contributed by atoms with Crippen molar-refractivity contribution in [2.45, 2.75) is 13.8 Å². The van der Waals surface area contributed by atoms with Gasteiger partial charge in [-0.1, -0.05) is 6.07 Å². The highest BCUT2D eigenvalue weighted by Crippen LogP contribution is 2.11. The van der Waals surface area contributed by atoms with Crippen LogP contribution in [-0.2, 0) is 0 Å². The second-order valence-electron chi connectivity index (χ2n) is 3.75. The summed E-state index contributed by atoms with van der Waals surface area (Å²) >= 11 is 0. The van der Waals surface area contributed by atoms with Gasteiger partial charge in [0.25, 0.3) is 0 Å². The van der Waals surface area contributed by atoms with Crippen LogP contribution in [-0.4, -0.2) is 15.8 Å². The number of aryl methyl sites for hydroxylation is 2. The standard InChI is InChI=1S/C13H12N2O/c1-9-6-11(8-14-7-9)13(16)12-10(2)4-3-5-15-12/h3-8H,1-2H3. The summed E-state index contributed by atoms with van der Waals surface area (Å²) in [6.45, 7) is 3.79. The van der Waals surface area contributed by atoms with Gasteiger partial charge in [0.1, 0.15) is 5.69 Å². The normalized spacial score (nSPS) is 10.1. The zero-order valence-electron chi connectivity index (χ0n) is 9.27. The Labute approximate surface area is 94.2 Å². The fraction of sp³-hybridized carbons (Fsp3) is 0.154. The Morgan fingerprint density at radius 2 is 2.06 bits per heavy atom. The van der Waals surface area contributed by atoms with Crippen LogP contribution in [0.2, 0.25) is 0 Å². The Hall–Kier alpha value is -2.03. The van der Waals surface area contributed by atoms with Crippen molar-refractivity contribution in [3.63, 3.8) is 0 Å². The number of pyridine rings is 2. The van der Waals surface area contributed by atoms with Crippen molar-refractivity contribution in [1.82, 2.24) is 9.97 Å². The summed E-state index contributed by atoms with van der Waals surface area (Å²) in [6.07, 6.45) is 4.93. The summed E-state index contributed by atoms with van der Waals surface area (Å²) < 4.78 is 0. The summed E-state index contributed by atoms with van der Waals surface area (Å²) in [4.78, 5) is 20.2. The first-order chi connectivity index (χ1) is 7.68. The first kappa shape index (κ1) is 10.5. The molecule has 0 radical (unpaired) electrons. The van der Waals surface area contributed by atoms with Crippen LogP contribution in [0, 0.1) is 13.8 Å². The van der Waals surface area contributed by atoms with Gasteiger partial charge in [-0.3, -0.25) is 14.8 Å². The maximum Gasteiger partial charge on any atom is 0.213 e. The molecule has 3 nitrogen and oxygen atoms in total. The maximum absolute atomic E-state index is 12.1. The lowest BCUT2D eigenvalue weighted by molar-refractivity contribution is 0.103. The lowest BCUT2D eigenvalue weighted by Crippen LogP contribution is -2.06. The van der Waals surface area contributed by atoms with Crippen molar-refractivity contribution >= 4 is 5.78 Å². The van der Waals surface area contributed by atoms with Crippen molar-refractivity contribution < 1.29 is 4.79 Å². The Morgan fingerprint density at radius 1 is 1.25 bits per heavy atom. The van der Waals surface area contributed by atoms with E-state index in [-0.39, 0.29) is 5.78 Å². The molecule has 3 heteroatoms. The number of carbonyl (C=O) groups is 1. The highest BCUT2D eigenvalue weighted by Gasteiger charge is 2.12. The fourth-order valence-corrected chi connectivity index (χ4v) is 1.54. The number of hydrogen-bond donors (Lipinski definition) is 0. The van der Waals surface area contributed by atoms with E-state index in [0.717, 1.165) is 11.1 Å². The molecule has 2 aromatic heterocycles. The molecule has 80 valence electrons. The molecule has 16 heavy (non-hydrogen) atoms. The van der Waals surface area contributed by atoms with E-state index in [1.54, 1.807) is 18.6 Å². The first-order valence-electron chi connectivity index (χ1n) is 5.06. The van der Waals surface area contributed by atoms with E-state index in [9.17, 15) is 4.79 Å². The average Bonchev–Trinajstić information content (AvgIpc) is 2.29. The molecule has 2 rings (SSSR count). The summed E-state index contributed by atoms with van der Waals surface area (Å²) in [7, 11) is 0. The smallest absolute Gasteiger partial charge is 0.213 e. The van der Waals surface area contributed by atoms with E-state index >= 15 is 0 Å². The number of rotatable bonds is 2. The Balaban J connectivity index is 2.44. The van der Waals surface area contributed by atoms with Gasteiger partial charge in [0.05, 0.1) is 0 Å². The van der Waals surface area contributed by atoms with Crippen LogP contribution in [0.3, 0.4) is 0 Å². The SMILES string of the molecule is Cc1cncc(C(=O)c2ncccc2C)c1. The minimum Gasteiger partial charge on any atom is -0.287 e. The van der Waals surface area contributed by atoms with Crippen LogP contribution < -0.4 is 0 Å². The highest BCUT2D eigenvalue weighted by atomic mass is 16.1. The number of carbonyl (C=O) groups excluding carboxylic acids is 1. The zero-order valence-corrected chi connectivity index (χ0v) is 9.27. The molecule has 0 saturated heterocycles. The molecule has 0 amide bonds. The molecule has 0 bridgehead atoms. The number of hydrogen-bond acceptors (Lipinski definition) is 3. The predicted octanol–water partition coefficient (Wildman–Crippen LogP) is 2.32. The third kappa shape index (κ3) is 1.98. The lowest BCUT2D eigenvalue weighted by Gasteiger charge is -2.03. The van der Waals surface area contributed by atoms with Gasteiger partial charge >= 0.3 is 0 Å². The minimum absolute atomic E-state index is 0.0747. The highest BCUT2D eigenvalue weighted by molar-refractivity contribution is 6.08. The van der Waals surface area contributed by atoms with Crippen LogP contribution in [0.5, 0.6) is 0 Å². The molecule has 0 aliphatic rings. The Morgan fingerprint density at radius 3 is 2.75 bits per heavy atom. The van der Waals surface area contributed by atoms with Crippen LogP contribution in [0.15, 0.2) is 36.8 Å². The number of nitrogens with zero attached hydrogens (tertiary/aromatic N) is 2. The van der Waals surface area contributed by atoms with Gasteiger partial charge in [-0.25, -0.2) is 0 Å². The monoisotopic (exact) mass is 212 g/mol. The summed E-state index contributed by atoms with van der Waals surface area (Å²) in [5.74, 6) is -0.0747. The molecule has 0 unspecified atom stereocenters. The van der Waals surface area contributed by atoms with E-state index in [4.69, 9.17) is 0 Å². The molecule has 0 atom stereocenters. The molecule has 0 fully saturated rings. The Bertz CT molecular complexity index is 535. The van der Waals surface area contributed by atoms with Gasteiger partial charge in [-0.05, 0) is 37.1 Å². The molecular formula is C13H12N2O. The molecule has 0 aliphatic heterocycles. The van der Waals surface area contributed by atoms with Gasteiger partial charge < -0.3 is 0 Å². The van der Waals surface area contributed by atoms with Gasteiger partial charge in [0.2, 0.25) is 5.78 Å². The van der Waals surface area contributed by atoms with Crippen LogP contribution in [0.1, 0.15) is 27.2 Å². The number of aromatic nitrogens is 2. The summed E-state index contributed by atoms with van der Waals surface area (Å²) in [6, 6.07) is 5.52. The van der Waals surface area contributed by atoms with Crippen LogP contribution in [0.4, 0.5) is 0 Å². The third-order valence-corrected chi connectivity index (χ3v) is 2.36. The molecule has 0 aliphatic carbocycles. The maximum atomic E-state index is 12.1. The quantitative estimate of drug-likeness (QED) is 0.717. The van der Waals surface area contributed by atoms with E-state index in [1.807, 2.05) is 32.0 Å². The topological polar surface area (TPSA) is 42.9 Å². The Kier molecular flexibility index (Phi) is 2.77. The van der Waals surface area contributed by atoms with E-state index in [1.165, 1.54) is 0 Å². The molecule has 0 saturated carbocycles. The molecule has 0 N–H and O–H groups in total. The van der Waals surface area contributed by atoms with Crippen molar-refractivity contribution in [3.05, 3.63) is 59.2 Å². The van der Waals surface area contributed by atoms with Crippen molar-refractivity contribution in [3.8, 4) is 0 Å². The van der Waals surface area contributed by atoms with Gasteiger partial charge in [0.15, 0.2) is 0 Å². The van der Waals surface area contributed by atoms with Crippen molar-refractivity contribution in [2.75, 3.05) is 0 Å². The minimum atomic E-state index is -0.0747. The van der Waals surface area contributed by atoms with Crippen molar-refractivity contribution in [1.29, 1.82) is 0 Å². The average molecular weight is 212 g/mol. The number of ketones is 1. The summed E-state index contributed by atoms with van der Waals surface area (Å²) in [5, 5.41) is 0. The summed E-state index contributed by atoms with van der Waals surface area (Å²) in [5.41, 5.74) is 2.94. The van der Waals surface area contributed by atoms with Gasteiger partial charge in [-0.15, -0.1) is 0 Å². The third-order valence-electron chi connectivity index (χ3n) is 2.36. The van der Waals surface area contributed by atoms with E-state index in [0.29, 0.717) is 11.3 Å². The molecular weight excluding hydrogens is 200 g/mol. The molecule has 0 aromatic carbocycles. The first-order valence-corrected chi connectivity index (χ1v) is 5.06. The van der Waals surface area contributed by atoms with E-state index < -0.39 is 0 Å². The van der Waals surface area contributed by atoms with Gasteiger partial charge in [0, 0.05) is 24.2 Å². The largest absolute Gasteiger partial charge is 0.287 e. The van der Waals surface area contributed by atoms with Crippen LogP contribution >= 0.6 is 0 Å². The fourth-order valence-electron chi connectivity index (χ4n) is 1.54. The lowest BCUT2D eigenvalue weighted by atomic mass is 10.1. The van der Waals surface area contributed by atoms with Crippen LogP contribution in [0.25, 0.3) is 0 Å². The zero-order chi connectivity index (χ0) is 11.5. The van der Waals surface area contributed by atoms with E-state index in [2.05, 4.69) is 9.97 Å². The van der Waals surface area contributed by atoms with Crippen molar-refractivity contribution in [2.24, 2.45) is 0 Å². The molecule has 2 heterocycles. The predicted molar refractivity (Wildman–Crippen MR) is 61.4 cm³/mol. The molecule has 0 spiro atoms. The second-order valence-corrected chi connectivity index (χ2v) is 3.75. The second kappa shape index (κ2) is 4.23. The molecule has 2 aromatic rings. The van der Waals surface area contributed by atoms with Gasteiger partial charge in [-0.2, -0.15) is 0 Å².